The number of benzene rings is 1. The van der Waals surface area contributed by atoms with Crippen LogP contribution >= 0.6 is 0 Å². The van der Waals surface area contributed by atoms with Crippen LogP contribution in [0.15, 0.2) is 18.2 Å². The third-order valence-electron chi connectivity index (χ3n) is 3.45. The Kier molecular flexibility index (Phi) is 4.04. The molecule has 0 amide bonds. The van der Waals surface area contributed by atoms with Gasteiger partial charge in [-0.1, -0.05) is 13.8 Å². The summed E-state index contributed by atoms with van der Waals surface area (Å²) in [6.45, 7) is 9.75. The van der Waals surface area contributed by atoms with Crippen LogP contribution in [0.5, 0.6) is 11.5 Å². The van der Waals surface area contributed by atoms with E-state index in [2.05, 4.69) is 39.1 Å². The highest BCUT2D eigenvalue weighted by molar-refractivity contribution is 5.44. The number of methoxy groups -OCH3 is 1. The van der Waals surface area contributed by atoms with E-state index < -0.39 is 0 Å². The molecule has 3 heteroatoms. The summed E-state index contributed by atoms with van der Waals surface area (Å²) in [4.78, 5) is 0. The molecule has 1 aliphatic heterocycles. The SMILES string of the molecule is COc1ccc2c(c1)C(NCC(C)C)CC(C)(C)O2. The van der Waals surface area contributed by atoms with Gasteiger partial charge >= 0.3 is 0 Å². The van der Waals surface area contributed by atoms with Crippen LogP contribution in [-0.4, -0.2) is 19.3 Å². The predicted molar refractivity (Wildman–Crippen MR) is 77.9 cm³/mol. The molecule has 1 N–H and O–H groups in total. The van der Waals surface area contributed by atoms with Gasteiger partial charge in [-0.3, -0.25) is 0 Å². The fourth-order valence-corrected chi connectivity index (χ4v) is 2.52. The quantitative estimate of drug-likeness (QED) is 0.901. The summed E-state index contributed by atoms with van der Waals surface area (Å²) in [5.41, 5.74) is 1.08. The van der Waals surface area contributed by atoms with Crippen LogP contribution in [-0.2, 0) is 0 Å². The molecule has 19 heavy (non-hydrogen) atoms. The Morgan fingerprint density at radius 2 is 2.16 bits per heavy atom. The minimum atomic E-state index is -0.129. The minimum absolute atomic E-state index is 0.129. The maximum atomic E-state index is 6.06. The van der Waals surface area contributed by atoms with E-state index in [9.17, 15) is 0 Å². The Morgan fingerprint density at radius 1 is 1.42 bits per heavy atom. The molecular weight excluding hydrogens is 238 g/mol. The topological polar surface area (TPSA) is 30.5 Å². The van der Waals surface area contributed by atoms with E-state index in [1.54, 1.807) is 7.11 Å². The van der Waals surface area contributed by atoms with Gasteiger partial charge in [0.05, 0.1) is 7.11 Å². The minimum Gasteiger partial charge on any atom is -0.497 e. The summed E-state index contributed by atoms with van der Waals surface area (Å²) in [5.74, 6) is 2.50. The molecule has 0 saturated heterocycles. The molecule has 106 valence electrons. The highest BCUT2D eigenvalue weighted by Gasteiger charge is 2.33. The summed E-state index contributed by atoms with van der Waals surface area (Å²) in [6, 6.07) is 6.39. The van der Waals surface area contributed by atoms with Crippen molar-refractivity contribution in [3.63, 3.8) is 0 Å². The van der Waals surface area contributed by atoms with Gasteiger partial charge in [-0.25, -0.2) is 0 Å². The van der Waals surface area contributed by atoms with Gasteiger partial charge in [0.15, 0.2) is 0 Å². The van der Waals surface area contributed by atoms with E-state index in [0.717, 1.165) is 24.5 Å². The molecule has 1 unspecified atom stereocenters. The molecule has 1 atom stereocenters. The number of rotatable bonds is 4. The van der Waals surface area contributed by atoms with Crippen LogP contribution in [0, 0.1) is 5.92 Å². The highest BCUT2D eigenvalue weighted by Crippen LogP contribution is 2.41. The fourth-order valence-electron chi connectivity index (χ4n) is 2.52. The van der Waals surface area contributed by atoms with Gasteiger partial charge in [0.1, 0.15) is 17.1 Å². The van der Waals surface area contributed by atoms with Gasteiger partial charge < -0.3 is 14.8 Å². The first-order chi connectivity index (χ1) is 8.91. The van der Waals surface area contributed by atoms with Crippen LogP contribution in [0.1, 0.15) is 45.7 Å². The standard InChI is InChI=1S/C16H25NO2/c1-11(2)10-17-14-9-16(3,4)19-15-7-6-12(18-5)8-13(14)15/h6-8,11,14,17H,9-10H2,1-5H3. The van der Waals surface area contributed by atoms with E-state index >= 15 is 0 Å². The molecule has 1 aliphatic rings. The van der Waals surface area contributed by atoms with Gasteiger partial charge in [0.25, 0.3) is 0 Å². The van der Waals surface area contributed by atoms with Crippen molar-refractivity contribution in [1.82, 2.24) is 5.32 Å². The van der Waals surface area contributed by atoms with E-state index in [1.165, 1.54) is 5.56 Å². The van der Waals surface area contributed by atoms with Crippen molar-refractivity contribution in [2.24, 2.45) is 5.92 Å². The molecule has 3 nitrogen and oxygen atoms in total. The zero-order chi connectivity index (χ0) is 14.0. The Hall–Kier alpha value is -1.22. The van der Waals surface area contributed by atoms with Crippen molar-refractivity contribution in [1.29, 1.82) is 0 Å². The average Bonchev–Trinajstić information content (AvgIpc) is 2.34. The molecule has 1 aromatic rings. The lowest BCUT2D eigenvalue weighted by atomic mass is 9.89. The Labute approximate surface area is 116 Å². The van der Waals surface area contributed by atoms with E-state index in [4.69, 9.17) is 9.47 Å². The third-order valence-corrected chi connectivity index (χ3v) is 3.45. The largest absolute Gasteiger partial charge is 0.497 e. The molecule has 0 fully saturated rings. The molecule has 1 heterocycles. The number of fused-ring (bicyclic) bond motifs is 1. The Bertz CT molecular complexity index is 440. The summed E-state index contributed by atoms with van der Waals surface area (Å²) in [5, 5.41) is 3.65. The molecule has 1 aromatic carbocycles. The van der Waals surface area contributed by atoms with Crippen molar-refractivity contribution in [3.05, 3.63) is 23.8 Å². The van der Waals surface area contributed by atoms with Crippen LogP contribution in [0.2, 0.25) is 0 Å². The summed E-state index contributed by atoms with van der Waals surface area (Å²) < 4.78 is 11.4. The molecule has 2 rings (SSSR count). The van der Waals surface area contributed by atoms with Gasteiger partial charge in [-0.05, 0) is 44.5 Å². The fraction of sp³-hybridized carbons (Fsp3) is 0.625. The third kappa shape index (κ3) is 3.41. The average molecular weight is 263 g/mol. The summed E-state index contributed by atoms with van der Waals surface area (Å²) in [6.07, 6.45) is 0.972. The summed E-state index contributed by atoms with van der Waals surface area (Å²) >= 11 is 0. The second-order valence-electron chi connectivity index (χ2n) is 6.32. The van der Waals surface area contributed by atoms with Gasteiger partial charge in [-0.2, -0.15) is 0 Å². The molecule has 0 saturated carbocycles. The lowest BCUT2D eigenvalue weighted by Gasteiger charge is -2.38. The second-order valence-corrected chi connectivity index (χ2v) is 6.32. The number of nitrogens with one attached hydrogen (secondary N) is 1. The van der Waals surface area contributed by atoms with Crippen molar-refractivity contribution in [2.45, 2.75) is 45.8 Å². The number of hydrogen-bond acceptors (Lipinski definition) is 3. The lowest BCUT2D eigenvalue weighted by Crippen LogP contribution is -2.40. The predicted octanol–water partition coefficient (Wildman–Crippen LogP) is 3.54. The van der Waals surface area contributed by atoms with E-state index in [-0.39, 0.29) is 5.60 Å². The van der Waals surface area contributed by atoms with E-state index in [0.29, 0.717) is 12.0 Å². The van der Waals surface area contributed by atoms with Crippen molar-refractivity contribution in [3.8, 4) is 11.5 Å². The van der Waals surface area contributed by atoms with Crippen LogP contribution in [0.3, 0.4) is 0 Å². The first-order valence-electron chi connectivity index (χ1n) is 7.01. The van der Waals surface area contributed by atoms with Crippen LogP contribution in [0.25, 0.3) is 0 Å². The number of hydrogen-bond donors (Lipinski definition) is 1. The monoisotopic (exact) mass is 263 g/mol. The number of ether oxygens (including phenoxy) is 2. The molecule has 0 aromatic heterocycles. The molecule has 0 aliphatic carbocycles. The first-order valence-corrected chi connectivity index (χ1v) is 7.01. The van der Waals surface area contributed by atoms with Crippen molar-refractivity contribution in [2.75, 3.05) is 13.7 Å². The Morgan fingerprint density at radius 3 is 2.79 bits per heavy atom. The maximum Gasteiger partial charge on any atom is 0.125 e. The van der Waals surface area contributed by atoms with Crippen LogP contribution < -0.4 is 14.8 Å². The van der Waals surface area contributed by atoms with E-state index in [1.807, 2.05) is 12.1 Å². The molecule has 0 radical (unpaired) electrons. The van der Waals surface area contributed by atoms with Crippen LogP contribution in [0.4, 0.5) is 0 Å². The summed E-state index contributed by atoms with van der Waals surface area (Å²) in [7, 11) is 1.70. The zero-order valence-electron chi connectivity index (χ0n) is 12.6. The zero-order valence-corrected chi connectivity index (χ0v) is 12.6. The van der Waals surface area contributed by atoms with Gasteiger partial charge in [0, 0.05) is 18.0 Å². The first kappa shape index (κ1) is 14.2. The molecule has 0 bridgehead atoms. The van der Waals surface area contributed by atoms with Crippen molar-refractivity contribution >= 4 is 0 Å². The maximum absolute atomic E-state index is 6.06. The van der Waals surface area contributed by atoms with Crippen molar-refractivity contribution < 1.29 is 9.47 Å². The van der Waals surface area contributed by atoms with Gasteiger partial charge in [-0.15, -0.1) is 0 Å². The highest BCUT2D eigenvalue weighted by atomic mass is 16.5. The van der Waals surface area contributed by atoms with Gasteiger partial charge in [0.2, 0.25) is 0 Å². The second kappa shape index (κ2) is 5.41. The normalized spacial score (nSPS) is 20.8. The Balaban J connectivity index is 2.28. The molecular formula is C16H25NO2. The smallest absolute Gasteiger partial charge is 0.125 e. The lowest BCUT2D eigenvalue weighted by molar-refractivity contribution is 0.0653. The molecule has 0 spiro atoms.